The molecular weight excluding hydrogens is 284 g/mol. The first-order chi connectivity index (χ1) is 10.2. The minimum Gasteiger partial charge on any atom is -0.496 e. The molecule has 5 heteroatoms. The topological polar surface area (TPSA) is 65.2 Å². The fourth-order valence-electron chi connectivity index (χ4n) is 2.95. The van der Waals surface area contributed by atoms with Crippen LogP contribution in [0.5, 0.6) is 5.75 Å². The van der Waals surface area contributed by atoms with Crippen LogP contribution in [-0.4, -0.2) is 18.0 Å². The lowest BCUT2D eigenvalue weighted by molar-refractivity contribution is 0.1000. The number of thiazole rings is 1. The molecule has 1 aromatic carbocycles. The second-order valence-corrected chi connectivity index (χ2v) is 6.20. The van der Waals surface area contributed by atoms with Crippen LogP contribution in [0.2, 0.25) is 0 Å². The first kappa shape index (κ1) is 14.1. The number of hydrogen-bond acceptors (Lipinski definition) is 4. The Morgan fingerprint density at radius 2 is 2.14 bits per heavy atom. The Balaban J connectivity index is 2.01. The Morgan fingerprint density at radius 1 is 1.38 bits per heavy atom. The van der Waals surface area contributed by atoms with Gasteiger partial charge in [0.25, 0.3) is 5.91 Å². The Morgan fingerprint density at radius 3 is 2.76 bits per heavy atom. The molecule has 21 heavy (non-hydrogen) atoms. The van der Waals surface area contributed by atoms with Gasteiger partial charge in [0.05, 0.1) is 12.8 Å². The lowest BCUT2D eigenvalue weighted by Gasteiger charge is -2.13. The quantitative estimate of drug-likeness (QED) is 0.939. The van der Waals surface area contributed by atoms with Gasteiger partial charge < -0.3 is 10.5 Å². The van der Waals surface area contributed by atoms with E-state index in [4.69, 9.17) is 10.5 Å². The van der Waals surface area contributed by atoms with Crippen LogP contribution in [0.25, 0.3) is 11.3 Å². The van der Waals surface area contributed by atoms with Crippen molar-refractivity contribution in [3.63, 3.8) is 0 Å². The zero-order valence-corrected chi connectivity index (χ0v) is 12.8. The number of hydrogen-bond donors (Lipinski definition) is 1. The molecule has 110 valence electrons. The third kappa shape index (κ3) is 2.78. The number of carbonyl (C=O) groups is 1. The summed E-state index contributed by atoms with van der Waals surface area (Å²) in [6, 6.07) is 6.28. The van der Waals surface area contributed by atoms with E-state index in [1.165, 1.54) is 42.6 Å². The molecule has 1 saturated carbocycles. The minimum atomic E-state index is -0.489. The number of carbonyl (C=O) groups excluding carboxylic acids is 1. The third-order valence-electron chi connectivity index (χ3n) is 4.04. The van der Waals surface area contributed by atoms with Crippen LogP contribution < -0.4 is 10.5 Å². The van der Waals surface area contributed by atoms with Crippen molar-refractivity contribution in [1.82, 2.24) is 4.98 Å². The van der Waals surface area contributed by atoms with Gasteiger partial charge in [0.15, 0.2) is 5.01 Å². The first-order valence-electron chi connectivity index (χ1n) is 7.12. The van der Waals surface area contributed by atoms with E-state index in [0.29, 0.717) is 10.9 Å². The average Bonchev–Trinajstić information content (AvgIpc) is 3.18. The maximum atomic E-state index is 11.2. The van der Waals surface area contributed by atoms with Gasteiger partial charge in [0.2, 0.25) is 0 Å². The SMILES string of the molecule is COc1ccc(C2CCCC2)cc1-c1csc(C(N)=O)n1. The maximum Gasteiger partial charge on any atom is 0.277 e. The average molecular weight is 302 g/mol. The highest BCUT2D eigenvalue weighted by Crippen LogP contribution is 2.38. The Hall–Kier alpha value is -1.88. The largest absolute Gasteiger partial charge is 0.496 e. The number of nitrogens with two attached hydrogens (primary N) is 1. The van der Waals surface area contributed by atoms with Crippen LogP contribution in [0.3, 0.4) is 0 Å². The van der Waals surface area contributed by atoms with Gasteiger partial charge in [-0.1, -0.05) is 18.9 Å². The molecule has 0 atom stereocenters. The summed E-state index contributed by atoms with van der Waals surface area (Å²) in [5, 5.41) is 2.19. The standard InChI is InChI=1S/C16H18N2O2S/c1-20-14-7-6-11(10-4-2-3-5-10)8-12(14)13-9-21-16(18-13)15(17)19/h6-10H,2-5H2,1H3,(H2,17,19). The van der Waals surface area contributed by atoms with E-state index < -0.39 is 5.91 Å². The van der Waals surface area contributed by atoms with Gasteiger partial charge >= 0.3 is 0 Å². The van der Waals surface area contributed by atoms with Gasteiger partial charge in [0, 0.05) is 10.9 Å². The lowest BCUT2D eigenvalue weighted by atomic mass is 9.95. The number of amides is 1. The van der Waals surface area contributed by atoms with Crippen molar-refractivity contribution in [3.8, 4) is 17.0 Å². The van der Waals surface area contributed by atoms with E-state index >= 15 is 0 Å². The van der Waals surface area contributed by atoms with Crippen LogP contribution in [0, 0.1) is 0 Å². The molecule has 1 aromatic heterocycles. The van der Waals surface area contributed by atoms with Crippen molar-refractivity contribution in [3.05, 3.63) is 34.2 Å². The van der Waals surface area contributed by atoms with Crippen molar-refractivity contribution in [2.24, 2.45) is 5.73 Å². The Kier molecular flexibility index (Phi) is 3.92. The smallest absolute Gasteiger partial charge is 0.277 e. The fourth-order valence-corrected chi connectivity index (χ4v) is 3.62. The molecule has 1 aliphatic rings. The maximum absolute atomic E-state index is 11.2. The Labute approximate surface area is 128 Å². The number of rotatable bonds is 4. The first-order valence-corrected chi connectivity index (χ1v) is 8.00. The highest BCUT2D eigenvalue weighted by Gasteiger charge is 2.20. The summed E-state index contributed by atoms with van der Waals surface area (Å²) in [5.74, 6) is 0.916. The van der Waals surface area contributed by atoms with Gasteiger partial charge in [-0.15, -0.1) is 11.3 Å². The van der Waals surface area contributed by atoms with E-state index in [9.17, 15) is 4.79 Å². The molecule has 0 spiro atoms. The predicted molar refractivity (Wildman–Crippen MR) is 83.8 cm³/mol. The summed E-state index contributed by atoms with van der Waals surface area (Å²) in [5.41, 5.74) is 8.30. The van der Waals surface area contributed by atoms with Crippen molar-refractivity contribution in [1.29, 1.82) is 0 Å². The third-order valence-corrected chi connectivity index (χ3v) is 4.90. The van der Waals surface area contributed by atoms with Gasteiger partial charge in [0.1, 0.15) is 5.75 Å². The molecule has 3 rings (SSSR count). The number of methoxy groups -OCH3 is 1. The second-order valence-electron chi connectivity index (χ2n) is 5.34. The summed E-state index contributed by atoms with van der Waals surface area (Å²) in [4.78, 5) is 15.5. The zero-order valence-electron chi connectivity index (χ0n) is 12.0. The predicted octanol–water partition coefficient (Wildman–Crippen LogP) is 3.58. The molecule has 0 saturated heterocycles. The zero-order chi connectivity index (χ0) is 14.8. The van der Waals surface area contributed by atoms with Crippen LogP contribution >= 0.6 is 11.3 Å². The van der Waals surface area contributed by atoms with Gasteiger partial charge in [-0.25, -0.2) is 4.98 Å². The monoisotopic (exact) mass is 302 g/mol. The number of primary amides is 1. The summed E-state index contributed by atoms with van der Waals surface area (Å²) < 4.78 is 5.44. The summed E-state index contributed by atoms with van der Waals surface area (Å²) in [6.07, 6.45) is 5.09. The van der Waals surface area contributed by atoms with Crippen molar-refractivity contribution < 1.29 is 9.53 Å². The fraction of sp³-hybridized carbons (Fsp3) is 0.375. The highest BCUT2D eigenvalue weighted by atomic mass is 32.1. The lowest BCUT2D eigenvalue weighted by Crippen LogP contribution is -2.10. The van der Waals surface area contributed by atoms with Crippen molar-refractivity contribution >= 4 is 17.2 Å². The van der Waals surface area contributed by atoms with Crippen LogP contribution in [0.15, 0.2) is 23.6 Å². The number of nitrogens with zero attached hydrogens (tertiary/aromatic N) is 1. The van der Waals surface area contributed by atoms with E-state index in [0.717, 1.165) is 17.0 Å². The Bertz CT molecular complexity index is 660. The second kappa shape index (κ2) is 5.85. The molecular formula is C16H18N2O2S. The van der Waals surface area contributed by atoms with Crippen LogP contribution in [0.1, 0.15) is 47.0 Å². The summed E-state index contributed by atoms with van der Waals surface area (Å²) >= 11 is 1.27. The molecule has 0 aliphatic heterocycles. The van der Waals surface area contributed by atoms with Crippen molar-refractivity contribution in [2.75, 3.05) is 7.11 Å². The molecule has 1 amide bonds. The van der Waals surface area contributed by atoms with Gasteiger partial charge in [-0.3, -0.25) is 4.79 Å². The van der Waals surface area contributed by atoms with Gasteiger partial charge in [-0.05, 0) is 36.5 Å². The normalized spacial score (nSPS) is 15.3. The molecule has 0 radical (unpaired) electrons. The molecule has 0 bridgehead atoms. The molecule has 1 heterocycles. The molecule has 0 unspecified atom stereocenters. The highest BCUT2D eigenvalue weighted by molar-refractivity contribution is 7.12. The van der Waals surface area contributed by atoms with Crippen LogP contribution in [-0.2, 0) is 0 Å². The van der Waals surface area contributed by atoms with E-state index in [2.05, 4.69) is 17.1 Å². The molecule has 2 aromatic rings. The van der Waals surface area contributed by atoms with E-state index in [1.807, 2.05) is 11.4 Å². The molecule has 2 N–H and O–H groups in total. The van der Waals surface area contributed by atoms with Crippen LogP contribution in [0.4, 0.5) is 0 Å². The number of aromatic nitrogens is 1. The molecule has 1 fully saturated rings. The van der Waals surface area contributed by atoms with Gasteiger partial charge in [-0.2, -0.15) is 0 Å². The van der Waals surface area contributed by atoms with E-state index in [-0.39, 0.29) is 0 Å². The van der Waals surface area contributed by atoms with Crippen molar-refractivity contribution in [2.45, 2.75) is 31.6 Å². The number of benzene rings is 1. The minimum absolute atomic E-state index is 0.332. The summed E-state index contributed by atoms with van der Waals surface area (Å²) in [7, 11) is 1.65. The van der Waals surface area contributed by atoms with E-state index in [1.54, 1.807) is 7.11 Å². The number of ether oxygens (including phenoxy) is 1. The molecule has 4 nitrogen and oxygen atoms in total. The summed E-state index contributed by atoms with van der Waals surface area (Å²) in [6.45, 7) is 0. The molecule has 1 aliphatic carbocycles.